The predicted molar refractivity (Wildman–Crippen MR) is 42.9 cm³/mol. The Morgan fingerprint density at radius 1 is 1.12 bits per heavy atom. The van der Waals surface area contributed by atoms with E-state index in [1.54, 1.807) is 0 Å². The molecule has 0 rings (SSSR count). The Balaban J connectivity index is 2.53. The maximum absolute atomic E-state index is 4.97. The quantitative estimate of drug-likeness (QED) is 0.346. The molecule has 0 aromatic carbocycles. The molecule has 0 radical (unpaired) electrons. The lowest BCUT2D eigenvalue weighted by Crippen LogP contribution is -1.91. The minimum Gasteiger partial charge on any atom is -0.371 e. The molecule has 0 aliphatic heterocycles. The fourth-order valence-corrected chi connectivity index (χ4v) is 0.733. The van der Waals surface area contributed by atoms with Crippen molar-refractivity contribution < 1.29 is 4.74 Å². The summed E-state index contributed by atoms with van der Waals surface area (Å²) in [6.45, 7) is 0.823. The van der Waals surface area contributed by atoms with Gasteiger partial charge in [-0.05, 0) is 18.6 Å². The molecule has 0 spiro atoms. The van der Waals surface area contributed by atoms with E-state index in [9.17, 15) is 0 Å². The number of ether oxygens (including phenoxy) is 1. The molecule has 0 heterocycles. The van der Waals surface area contributed by atoms with Gasteiger partial charge in [0, 0.05) is 6.61 Å². The monoisotopic (exact) mass is 152 g/mol. The van der Waals surface area contributed by atoms with Crippen LogP contribution in [-0.2, 0) is 4.74 Å². The molecular weight excluding hydrogens is 140 g/mol. The average molecular weight is 152 g/mol. The topological polar surface area (TPSA) is 9.23 Å². The van der Waals surface area contributed by atoms with Gasteiger partial charge in [0.1, 0.15) is 0 Å². The van der Waals surface area contributed by atoms with Gasteiger partial charge in [-0.2, -0.15) is 25.3 Å². The molecule has 0 bridgehead atoms. The summed E-state index contributed by atoms with van der Waals surface area (Å²) in [6, 6.07) is 0. The van der Waals surface area contributed by atoms with Crippen molar-refractivity contribution in [3.05, 3.63) is 0 Å². The van der Waals surface area contributed by atoms with Crippen LogP contribution in [-0.4, -0.2) is 18.3 Å². The molecule has 0 N–H and O–H groups in total. The first kappa shape index (κ1) is 8.66. The first-order valence-electron chi connectivity index (χ1n) is 2.71. The molecular formula is C5H12OS2. The third-order valence-electron chi connectivity index (χ3n) is 0.788. The summed E-state index contributed by atoms with van der Waals surface area (Å²) in [5, 5.41) is 0. The summed E-state index contributed by atoms with van der Waals surface area (Å²) in [7, 11) is 0. The van der Waals surface area contributed by atoms with E-state index in [1.807, 2.05) is 0 Å². The predicted octanol–water partition coefficient (Wildman–Crippen LogP) is 1.60. The SMILES string of the molecule is SCCCCOCS. The van der Waals surface area contributed by atoms with Crippen LogP contribution in [0.1, 0.15) is 12.8 Å². The molecule has 3 heteroatoms. The van der Waals surface area contributed by atoms with Crippen LogP contribution in [0, 0.1) is 0 Å². The first-order chi connectivity index (χ1) is 3.91. The minimum atomic E-state index is 0.534. The molecule has 0 aliphatic carbocycles. The van der Waals surface area contributed by atoms with Crippen LogP contribution in [0.3, 0.4) is 0 Å². The number of unbranched alkanes of at least 4 members (excludes halogenated alkanes) is 1. The number of thiol groups is 2. The van der Waals surface area contributed by atoms with Crippen LogP contribution in [0.4, 0.5) is 0 Å². The second kappa shape index (κ2) is 7.66. The van der Waals surface area contributed by atoms with Gasteiger partial charge < -0.3 is 4.74 Å². The molecule has 1 nitrogen and oxygen atoms in total. The van der Waals surface area contributed by atoms with Crippen molar-refractivity contribution in [2.75, 3.05) is 18.3 Å². The molecule has 0 fully saturated rings. The smallest absolute Gasteiger partial charge is 0.0892 e. The van der Waals surface area contributed by atoms with Gasteiger partial charge in [-0.25, -0.2) is 0 Å². The van der Waals surface area contributed by atoms with E-state index in [-0.39, 0.29) is 0 Å². The maximum Gasteiger partial charge on any atom is 0.0892 e. The Morgan fingerprint density at radius 3 is 2.38 bits per heavy atom. The number of rotatable bonds is 5. The van der Waals surface area contributed by atoms with E-state index >= 15 is 0 Å². The highest BCUT2D eigenvalue weighted by molar-refractivity contribution is 7.80. The third-order valence-corrected chi connectivity index (χ3v) is 1.29. The zero-order valence-corrected chi connectivity index (χ0v) is 6.63. The molecule has 0 atom stereocenters. The van der Waals surface area contributed by atoms with Crippen LogP contribution in [0.15, 0.2) is 0 Å². The molecule has 0 amide bonds. The summed E-state index contributed by atoms with van der Waals surface area (Å²) in [6.07, 6.45) is 2.24. The average Bonchev–Trinajstić information content (AvgIpc) is 1.81. The number of hydrogen-bond donors (Lipinski definition) is 2. The molecule has 0 saturated carbocycles. The van der Waals surface area contributed by atoms with Gasteiger partial charge in [-0.1, -0.05) is 0 Å². The standard InChI is InChI=1S/C5H12OS2/c7-4-2-1-3-6-5-8/h7-8H,1-5H2. The highest BCUT2D eigenvalue weighted by Crippen LogP contribution is 1.91. The van der Waals surface area contributed by atoms with Crippen molar-refractivity contribution in [3.63, 3.8) is 0 Å². The second-order valence-electron chi connectivity index (χ2n) is 1.47. The summed E-state index contributed by atoms with van der Waals surface area (Å²) in [5.74, 6) is 1.49. The first-order valence-corrected chi connectivity index (χ1v) is 3.97. The Hall–Kier alpha value is 0.660. The van der Waals surface area contributed by atoms with E-state index in [2.05, 4.69) is 25.3 Å². The Labute approximate surface area is 61.6 Å². The molecule has 8 heavy (non-hydrogen) atoms. The summed E-state index contributed by atoms with van der Waals surface area (Å²) in [5.41, 5.74) is 0. The summed E-state index contributed by atoms with van der Waals surface area (Å²) >= 11 is 7.93. The highest BCUT2D eigenvalue weighted by Gasteiger charge is 1.83. The van der Waals surface area contributed by atoms with E-state index in [4.69, 9.17) is 4.74 Å². The van der Waals surface area contributed by atoms with E-state index in [0.29, 0.717) is 5.94 Å². The number of hydrogen-bond acceptors (Lipinski definition) is 3. The molecule has 0 aromatic rings. The lowest BCUT2D eigenvalue weighted by molar-refractivity contribution is 0.180. The van der Waals surface area contributed by atoms with Crippen molar-refractivity contribution in [1.29, 1.82) is 0 Å². The molecule has 0 aromatic heterocycles. The highest BCUT2D eigenvalue weighted by atomic mass is 32.1. The Morgan fingerprint density at radius 2 is 1.88 bits per heavy atom. The van der Waals surface area contributed by atoms with Gasteiger partial charge in [-0.15, -0.1) is 0 Å². The van der Waals surface area contributed by atoms with Gasteiger partial charge in [0.2, 0.25) is 0 Å². The lowest BCUT2D eigenvalue weighted by Gasteiger charge is -1.96. The zero-order valence-electron chi connectivity index (χ0n) is 4.84. The molecule has 0 saturated heterocycles. The lowest BCUT2D eigenvalue weighted by atomic mass is 10.4. The Bertz CT molecular complexity index is 35.4. The van der Waals surface area contributed by atoms with Crippen molar-refractivity contribution in [2.24, 2.45) is 0 Å². The van der Waals surface area contributed by atoms with Crippen LogP contribution < -0.4 is 0 Å². The molecule has 0 unspecified atom stereocenters. The van der Waals surface area contributed by atoms with E-state index in [0.717, 1.165) is 25.2 Å². The molecule has 0 aliphatic rings. The normalized spacial score (nSPS) is 9.75. The minimum absolute atomic E-state index is 0.534. The zero-order chi connectivity index (χ0) is 6.24. The van der Waals surface area contributed by atoms with Crippen molar-refractivity contribution >= 4 is 25.3 Å². The summed E-state index contributed by atoms with van der Waals surface area (Å²) in [4.78, 5) is 0. The van der Waals surface area contributed by atoms with Gasteiger partial charge in [0.05, 0.1) is 5.94 Å². The Kier molecular flexibility index (Phi) is 8.29. The maximum atomic E-state index is 4.97. The van der Waals surface area contributed by atoms with Crippen LogP contribution >= 0.6 is 25.3 Å². The second-order valence-corrected chi connectivity index (χ2v) is 2.17. The van der Waals surface area contributed by atoms with Crippen LogP contribution in [0.2, 0.25) is 0 Å². The van der Waals surface area contributed by atoms with E-state index in [1.165, 1.54) is 0 Å². The fraction of sp³-hybridized carbons (Fsp3) is 1.00. The van der Waals surface area contributed by atoms with Gasteiger partial charge in [-0.3, -0.25) is 0 Å². The van der Waals surface area contributed by atoms with E-state index < -0.39 is 0 Å². The fourth-order valence-electron chi connectivity index (χ4n) is 0.380. The van der Waals surface area contributed by atoms with Gasteiger partial charge in [0.25, 0.3) is 0 Å². The third kappa shape index (κ3) is 6.66. The van der Waals surface area contributed by atoms with Gasteiger partial charge in [0.15, 0.2) is 0 Å². The summed E-state index contributed by atoms with van der Waals surface area (Å²) < 4.78 is 4.97. The van der Waals surface area contributed by atoms with Crippen molar-refractivity contribution in [1.82, 2.24) is 0 Å². The van der Waals surface area contributed by atoms with Crippen LogP contribution in [0.5, 0.6) is 0 Å². The van der Waals surface area contributed by atoms with Crippen molar-refractivity contribution in [3.8, 4) is 0 Å². The van der Waals surface area contributed by atoms with Crippen molar-refractivity contribution in [2.45, 2.75) is 12.8 Å². The van der Waals surface area contributed by atoms with Crippen LogP contribution in [0.25, 0.3) is 0 Å². The molecule has 50 valence electrons. The van der Waals surface area contributed by atoms with Gasteiger partial charge >= 0.3 is 0 Å². The largest absolute Gasteiger partial charge is 0.371 e.